The molecule has 1 aromatic rings. The van der Waals surface area contributed by atoms with Crippen molar-refractivity contribution >= 4 is 11.9 Å². The molecule has 0 bridgehead atoms. The highest BCUT2D eigenvalue weighted by molar-refractivity contribution is 5.96. The van der Waals surface area contributed by atoms with E-state index >= 15 is 0 Å². The quantitative estimate of drug-likeness (QED) is 0.906. The third-order valence-corrected chi connectivity index (χ3v) is 2.54. The van der Waals surface area contributed by atoms with Gasteiger partial charge in [-0.1, -0.05) is 13.0 Å². The Kier molecular flexibility index (Phi) is 5.12. The first kappa shape index (κ1) is 16.0. The molecule has 7 heteroatoms. The second-order valence-corrected chi connectivity index (χ2v) is 4.20. The predicted octanol–water partition coefficient (Wildman–Crippen LogP) is 2.64. The number of carbonyl (C=O) groups excluding carboxylic acids is 1. The number of alkyl halides is 3. The molecule has 0 fully saturated rings. The number of rotatable bonds is 5. The van der Waals surface area contributed by atoms with E-state index in [4.69, 9.17) is 5.11 Å². The fourth-order valence-corrected chi connectivity index (χ4v) is 1.70. The lowest BCUT2D eigenvalue weighted by Gasteiger charge is -2.20. The summed E-state index contributed by atoms with van der Waals surface area (Å²) in [6.07, 6.45) is -4.03. The minimum atomic E-state index is -4.54. The van der Waals surface area contributed by atoms with Gasteiger partial charge in [-0.05, 0) is 24.6 Å². The number of carboxylic acids is 1. The van der Waals surface area contributed by atoms with E-state index in [2.05, 4.69) is 0 Å². The third-order valence-electron chi connectivity index (χ3n) is 2.54. The number of hydrogen-bond donors (Lipinski definition) is 1. The molecule has 0 saturated heterocycles. The van der Waals surface area contributed by atoms with Gasteiger partial charge in [-0.2, -0.15) is 13.2 Å². The highest BCUT2D eigenvalue weighted by atomic mass is 19.4. The molecule has 0 heterocycles. The van der Waals surface area contributed by atoms with Crippen molar-refractivity contribution in [2.75, 3.05) is 13.1 Å². The van der Waals surface area contributed by atoms with Crippen molar-refractivity contribution in [1.82, 2.24) is 4.90 Å². The van der Waals surface area contributed by atoms with E-state index in [0.717, 1.165) is 23.1 Å². The molecule has 1 N–H and O–H groups in total. The summed E-state index contributed by atoms with van der Waals surface area (Å²) in [6, 6.07) is 3.95. The van der Waals surface area contributed by atoms with Gasteiger partial charge < -0.3 is 10.0 Å². The Morgan fingerprint density at radius 3 is 2.45 bits per heavy atom. The fourth-order valence-electron chi connectivity index (χ4n) is 1.70. The summed E-state index contributed by atoms with van der Waals surface area (Å²) >= 11 is 0. The van der Waals surface area contributed by atoms with Crippen LogP contribution in [0.5, 0.6) is 0 Å². The van der Waals surface area contributed by atoms with Crippen molar-refractivity contribution < 1.29 is 27.9 Å². The Hall–Kier alpha value is -2.05. The number of hydrogen-bond acceptors (Lipinski definition) is 2. The van der Waals surface area contributed by atoms with Crippen LogP contribution >= 0.6 is 0 Å². The van der Waals surface area contributed by atoms with Crippen molar-refractivity contribution in [3.05, 3.63) is 35.4 Å². The molecule has 1 rings (SSSR count). The molecule has 0 radical (unpaired) electrons. The average Bonchev–Trinajstić information content (AvgIpc) is 2.36. The topological polar surface area (TPSA) is 57.6 Å². The zero-order valence-electron chi connectivity index (χ0n) is 10.8. The maximum atomic E-state index is 12.6. The van der Waals surface area contributed by atoms with Crippen LogP contribution in [0.1, 0.15) is 29.3 Å². The lowest BCUT2D eigenvalue weighted by atomic mass is 10.1. The lowest BCUT2D eigenvalue weighted by molar-refractivity contribution is -0.138. The Labute approximate surface area is 113 Å². The monoisotopic (exact) mass is 289 g/mol. The zero-order chi connectivity index (χ0) is 15.3. The van der Waals surface area contributed by atoms with Crippen molar-refractivity contribution in [1.29, 1.82) is 0 Å². The molecule has 0 unspecified atom stereocenters. The van der Waals surface area contributed by atoms with Crippen LogP contribution in [0.3, 0.4) is 0 Å². The zero-order valence-corrected chi connectivity index (χ0v) is 10.8. The smallest absolute Gasteiger partial charge is 0.416 e. The van der Waals surface area contributed by atoms with Gasteiger partial charge in [-0.15, -0.1) is 0 Å². The Bertz CT molecular complexity index is 500. The molecule has 0 atom stereocenters. The van der Waals surface area contributed by atoms with Crippen LogP contribution in [0.4, 0.5) is 13.2 Å². The highest BCUT2D eigenvalue weighted by Crippen LogP contribution is 2.29. The van der Waals surface area contributed by atoms with Crippen LogP contribution in [0, 0.1) is 0 Å². The fraction of sp³-hybridized carbons (Fsp3) is 0.385. The van der Waals surface area contributed by atoms with E-state index < -0.39 is 30.2 Å². The number of halogens is 3. The van der Waals surface area contributed by atoms with E-state index in [1.807, 2.05) is 0 Å². The second-order valence-electron chi connectivity index (χ2n) is 4.20. The normalized spacial score (nSPS) is 11.2. The van der Waals surface area contributed by atoms with Crippen LogP contribution < -0.4 is 0 Å². The summed E-state index contributed by atoms with van der Waals surface area (Å²) in [6.45, 7) is 1.37. The van der Waals surface area contributed by atoms with Gasteiger partial charge in [0.15, 0.2) is 0 Å². The Balaban J connectivity index is 3.02. The van der Waals surface area contributed by atoms with E-state index in [0.29, 0.717) is 6.42 Å². The largest absolute Gasteiger partial charge is 0.480 e. The summed E-state index contributed by atoms with van der Waals surface area (Å²) in [5.74, 6) is -1.93. The van der Waals surface area contributed by atoms with E-state index in [-0.39, 0.29) is 12.1 Å². The summed E-state index contributed by atoms with van der Waals surface area (Å²) in [7, 11) is 0. The van der Waals surface area contributed by atoms with E-state index in [1.165, 1.54) is 6.07 Å². The van der Waals surface area contributed by atoms with Crippen molar-refractivity contribution in [3.63, 3.8) is 0 Å². The molecule has 0 aliphatic carbocycles. The standard InChI is InChI=1S/C13H14F3NO3/c1-2-6-17(8-11(18)19)12(20)9-4-3-5-10(7-9)13(14,15)16/h3-5,7H,2,6,8H2,1H3,(H,18,19). The maximum Gasteiger partial charge on any atom is 0.416 e. The van der Waals surface area contributed by atoms with Crippen molar-refractivity contribution in [3.8, 4) is 0 Å². The number of carbonyl (C=O) groups is 2. The molecular weight excluding hydrogens is 275 g/mol. The average molecular weight is 289 g/mol. The lowest BCUT2D eigenvalue weighted by Crippen LogP contribution is -2.36. The molecule has 0 aliphatic heterocycles. The van der Waals surface area contributed by atoms with Crippen LogP contribution in [-0.4, -0.2) is 35.0 Å². The van der Waals surface area contributed by atoms with Crippen LogP contribution in [0.15, 0.2) is 24.3 Å². The van der Waals surface area contributed by atoms with Crippen LogP contribution in [0.25, 0.3) is 0 Å². The first-order valence-electron chi connectivity index (χ1n) is 5.94. The number of benzene rings is 1. The number of amides is 1. The first-order chi connectivity index (χ1) is 9.25. The molecule has 4 nitrogen and oxygen atoms in total. The molecule has 0 aliphatic rings. The molecule has 0 aromatic heterocycles. The van der Waals surface area contributed by atoms with Gasteiger partial charge >= 0.3 is 12.1 Å². The van der Waals surface area contributed by atoms with Crippen molar-refractivity contribution in [2.45, 2.75) is 19.5 Å². The number of nitrogens with zero attached hydrogens (tertiary/aromatic N) is 1. The van der Waals surface area contributed by atoms with Gasteiger partial charge in [0.2, 0.25) is 0 Å². The van der Waals surface area contributed by atoms with Gasteiger partial charge in [0.05, 0.1) is 5.56 Å². The molecule has 1 aromatic carbocycles. The van der Waals surface area contributed by atoms with Crippen LogP contribution in [0.2, 0.25) is 0 Å². The summed E-state index contributed by atoms with van der Waals surface area (Å²) in [5.41, 5.74) is -1.11. The molecular formula is C13H14F3NO3. The van der Waals surface area contributed by atoms with Gasteiger partial charge in [0, 0.05) is 12.1 Å². The van der Waals surface area contributed by atoms with Gasteiger partial charge in [-0.25, -0.2) is 0 Å². The third kappa shape index (κ3) is 4.25. The van der Waals surface area contributed by atoms with Crippen molar-refractivity contribution in [2.24, 2.45) is 0 Å². The van der Waals surface area contributed by atoms with E-state index in [1.54, 1.807) is 6.92 Å². The molecule has 0 saturated carbocycles. The SMILES string of the molecule is CCCN(CC(=O)O)C(=O)c1cccc(C(F)(F)F)c1. The molecule has 1 amide bonds. The van der Waals surface area contributed by atoms with Gasteiger partial charge in [0.25, 0.3) is 5.91 Å². The Morgan fingerprint density at radius 2 is 1.95 bits per heavy atom. The van der Waals surface area contributed by atoms with Gasteiger partial charge in [0.1, 0.15) is 6.54 Å². The first-order valence-corrected chi connectivity index (χ1v) is 5.94. The minimum Gasteiger partial charge on any atom is -0.480 e. The predicted molar refractivity (Wildman–Crippen MR) is 65.3 cm³/mol. The number of carboxylic acid groups (broad SMARTS) is 1. The van der Waals surface area contributed by atoms with Gasteiger partial charge in [-0.3, -0.25) is 9.59 Å². The number of aliphatic carboxylic acids is 1. The maximum absolute atomic E-state index is 12.6. The highest BCUT2D eigenvalue weighted by Gasteiger charge is 2.31. The Morgan fingerprint density at radius 1 is 1.30 bits per heavy atom. The van der Waals surface area contributed by atoms with Crippen LogP contribution in [-0.2, 0) is 11.0 Å². The molecule has 20 heavy (non-hydrogen) atoms. The van der Waals surface area contributed by atoms with E-state index in [9.17, 15) is 22.8 Å². The second kappa shape index (κ2) is 6.40. The summed E-state index contributed by atoms with van der Waals surface area (Å²) < 4.78 is 37.7. The summed E-state index contributed by atoms with van der Waals surface area (Å²) in [4.78, 5) is 23.7. The molecule has 0 spiro atoms. The summed E-state index contributed by atoms with van der Waals surface area (Å²) in [5, 5.41) is 8.72. The molecule has 110 valence electrons. The minimum absolute atomic E-state index is 0.168.